The summed E-state index contributed by atoms with van der Waals surface area (Å²) in [5, 5.41) is 0. The minimum atomic E-state index is -0.982. The Morgan fingerprint density at radius 3 is 1.94 bits per heavy atom. The summed E-state index contributed by atoms with van der Waals surface area (Å²) >= 11 is 0. The van der Waals surface area contributed by atoms with E-state index < -0.39 is 17.0 Å². The van der Waals surface area contributed by atoms with Crippen LogP contribution in [0.5, 0.6) is 0 Å². The summed E-state index contributed by atoms with van der Waals surface area (Å²) in [5.41, 5.74) is -1.31. The third-order valence-corrected chi connectivity index (χ3v) is 2.66. The molecule has 5 heteroatoms. The van der Waals surface area contributed by atoms with Gasteiger partial charge in [0.05, 0.1) is 19.8 Å². The molecule has 3 fully saturated rings. The molecular weight excluding hydrogens is 212 g/mol. The van der Waals surface area contributed by atoms with Gasteiger partial charge in [-0.05, 0) is 20.8 Å². The molecular formula is C11H18O5. The molecule has 2 bridgehead atoms. The van der Waals surface area contributed by atoms with Crippen LogP contribution in [-0.4, -0.2) is 37.4 Å². The second kappa shape index (κ2) is 3.42. The summed E-state index contributed by atoms with van der Waals surface area (Å²) in [7, 11) is 0. The highest BCUT2D eigenvalue weighted by Gasteiger charge is 2.55. The number of fused-ring (bicyclic) bond motifs is 3. The van der Waals surface area contributed by atoms with E-state index in [4.69, 9.17) is 18.9 Å². The van der Waals surface area contributed by atoms with Crippen molar-refractivity contribution in [3.63, 3.8) is 0 Å². The molecule has 3 saturated heterocycles. The zero-order valence-electron chi connectivity index (χ0n) is 10.2. The van der Waals surface area contributed by atoms with E-state index in [1.165, 1.54) is 0 Å². The Hall–Kier alpha value is -0.650. The fourth-order valence-electron chi connectivity index (χ4n) is 1.62. The van der Waals surface area contributed by atoms with Crippen molar-refractivity contribution < 1.29 is 23.7 Å². The SMILES string of the molecule is CC(C)(C)OC(=O)C12COC(C)(OC1)OC2. The van der Waals surface area contributed by atoms with Gasteiger partial charge >= 0.3 is 5.97 Å². The molecule has 92 valence electrons. The molecule has 0 aromatic heterocycles. The summed E-state index contributed by atoms with van der Waals surface area (Å²) < 4.78 is 21.4. The lowest BCUT2D eigenvalue weighted by Gasteiger charge is -2.49. The van der Waals surface area contributed by atoms with E-state index in [9.17, 15) is 4.79 Å². The van der Waals surface area contributed by atoms with Crippen LogP contribution < -0.4 is 0 Å². The van der Waals surface area contributed by atoms with Crippen molar-refractivity contribution in [3.05, 3.63) is 0 Å². The van der Waals surface area contributed by atoms with E-state index >= 15 is 0 Å². The van der Waals surface area contributed by atoms with E-state index in [0.717, 1.165) is 0 Å². The molecule has 0 saturated carbocycles. The third-order valence-electron chi connectivity index (χ3n) is 2.66. The molecule has 0 amide bonds. The Morgan fingerprint density at radius 2 is 1.56 bits per heavy atom. The molecule has 0 aliphatic carbocycles. The van der Waals surface area contributed by atoms with Crippen LogP contribution in [-0.2, 0) is 23.7 Å². The number of hydrogen-bond donors (Lipinski definition) is 0. The second-order valence-corrected chi connectivity index (χ2v) is 5.51. The van der Waals surface area contributed by atoms with E-state index in [-0.39, 0.29) is 5.97 Å². The Labute approximate surface area is 95.0 Å². The quantitative estimate of drug-likeness (QED) is 0.630. The zero-order valence-corrected chi connectivity index (χ0v) is 10.2. The lowest BCUT2D eigenvalue weighted by molar-refractivity contribution is -0.454. The number of ether oxygens (including phenoxy) is 4. The number of hydrogen-bond acceptors (Lipinski definition) is 5. The monoisotopic (exact) mass is 230 g/mol. The molecule has 3 heterocycles. The van der Waals surface area contributed by atoms with Crippen molar-refractivity contribution in [3.8, 4) is 0 Å². The standard InChI is InChI=1S/C11H18O5/c1-9(2,3)16-8(12)11-5-13-10(4,14-6-11)15-7-11/h5-7H2,1-4H3. The first-order valence-electron chi connectivity index (χ1n) is 5.40. The largest absolute Gasteiger partial charge is 0.459 e. The van der Waals surface area contributed by atoms with Crippen LogP contribution in [0.2, 0.25) is 0 Å². The molecule has 3 aliphatic rings. The minimum Gasteiger partial charge on any atom is -0.459 e. The van der Waals surface area contributed by atoms with Crippen molar-refractivity contribution in [2.45, 2.75) is 39.3 Å². The molecule has 16 heavy (non-hydrogen) atoms. The van der Waals surface area contributed by atoms with Gasteiger partial charge in [-0.1, -0.05) is 0 Å². The van der Waals surface area contributed by atoms with Crippen LogP contribution in [0.3, 0.4) is 0 Å². The van der Waals surface area contributed by atoms with Crippen molar-refractivity contribution in [1.82, 2.24) is 0 Å². The average Bonchev–Trinajstić information content (AvgIpc) is 2.16. The average molecular weight is 230 g/mol. The van der Waals surface area contributed by atoms with Crippen LogP contribution in [0.25, 0.3) is 0 Å². The lowest BCUT2D eigenvalue weighted by Crippen LogP contribution is -2.62. The van der Waals surface area contributed by atoms with Gasteiger partial charge < -0.3 is 18.9 Å². The molecule has 0 radical (unpaired) electrons. The van der Waals surface area contributed by atoms with Crippen LogP contribution in [0, 0.1) is 5.41 Å². The van der Waals surface area contributed by atoms with Gasteiger partial charge in [-0.2, -0.15) is 0 Å². The number of carbonyl (C=O) groups is 1. The van der Waals surface area contributed by atoms with Crippen LogP contribution >= 0.6 is 0 Å². The Bertz CT molecular complexity index is 279. The lowest BCUT2D eigenvalue weighted by atomic mass is 9.88. The first kappa shape index (κ1) is 11.8. The Kier molecular flexibility index (Phi) is 2.53. The van der Waals surface area contributed by atoms with E-state index in [0.29, 0.717) is 19.8 Å². The van der Waals surface area contributed by atoms with Crippen LogP contribution in [0.15, 0.2) is 0 Å². The van der Waals surface area contributed by atoms with Gasteiger partial charge in [0.15, 0.2) is 0 Å². The maximum Gasteiger partial charge on any atom is 0.319 e. The van der Waals surface area contributed by atoms with Gasteiger partial charge in [0, 0.05) is 6.92 Å². The number of carbonyl (C=O) groups excluding carboxylic acids is 1. The molecule has 0 aromatic rings. The zero-order chi connectivity index (χ0) is 12.0. The fraction of sp³-hybridized carbons (Fsp3) is 0.909. The first-order valence-corrected chi connectivity index (χ1v) is 5.40. The van der Waals surface area contributed by atoms with Gasteiger partial charge in [0.25, 0.3) is 5.97 Å². The number of esters is 1. The highest BCUT2D eigenvalue weighted by atomic mass is 16.9. The third kappa shape index (κ3) is 2.07. The highest BCUT2D eigenvalue weighted by molar-refractivity contribution is 5.78. The topological polar surface area (TPSA) is 54.0 Å². The van der Waals surface area contributed by atoms with Crippen molar-refractivity contribution in [2.75, 3.05) is 19.8 Å². The van der Waals surface area contributed by atoms with E-state index in [1.54, 1.807) is 6.92 Å². The minimum absolute atomic E-state index is 0.290. The van der Waals surface area contributed by atoms with Crippen LogP contribution in [0.4, 0.5) is 0 Å². The summed E-state index contributed by atoms with van der Waals surface area (Å²) in [6.45, 7) is 8.07. The summed E-state index contributed by atoms with van der Waals surface area (Å²) in [5.74, 6) is -1.30. The second-order valence-electron chi connectivity index (χ2n) is 5.51. The van der Waals surface area contributed by atoms with Gasteiger partial charge in [0.2, 0.25) is 0 Å². The maximum absolute atomic E-state index is 12.0. The van der Waals surface area contributed by atoms with Crippen molar-refractivity contribution in [1.29, 1.82) is 0 Å². The molecule has 3 aliphatic heterocycles. The Morgan fingerprint density at radius 1 is 1.12 bits per heavy atom. The fourth-order valence-corrected chi connectivity index (χ4v) is 1.62. The van der Waals surface area contributed by atoms with E-state index in [2.05, 4.69) is 0 Å². The van der Waals surface area contributed by atoms with Crippen LogP contribution in [0.1, 0.15) is 27.7 Å². The van der Waals surface area contributed by atoms with Gasteiger partial charge in [-0.3, -0.25) is 4.79 Å². The van der Waals surface area contributed by atoms with E-state index in [1.807, 2.05) is 20.8 Å². The molecule has 0 unspecified atom stereocenters. The number of rotatable bonds is 1. The highest BCUT2D eigenvalue weighted by Crippen LogP contribution is 2.39. The van der Waals surface area contributed by atoms with Gasteiger partial charge in [-0.15, -0.1) is 0 Å². The van der Waals surface area contributed by atoms with Crippen molar-refractivity contribution >= 4 is 5.97 Å². The predicted molar refractivity (Wildman–Crippen MR) is 54.5 cm³/mol. The maximum atomic E-state index is 12.0. The molecule has 0 aromatic carbocycles. The smallest absolute Gasteiger partial charge is 0.319 e. The molecule has 0 N–H and O–H groups in total. The molecule has 0 atom stereocenters. The van der Waals surface area contributed by atoms with Gasteiger partial charge in [0.1, 0.15) is 11.0 Å². The van der Waals surface area contributed by atoms with Crippen molar-refractivity contribution in [2.24, 2.45) is 5.41 Å². The predicted octanol–water partition coefficient (Wildman–Crippen LogP) is 1.07. The normalized spacial score (nSPS) is 38.5. The summed E-state index contributed by atoms with van der Waals surface area (Å²) in [6, 6.07) is 0. The molecule has 3 rings (SSSR count). The molecule has 0 spiro atoms. The summed E-state index contributed by atoms with van der Waals surface area (Å²) in [6.07, 6.45) is 0. The van der Waals surface area contributed by atoms with Gasteiger partial charge in [-0.25, -0.2) is 0 Å². The Balaban J connectivity index is 2.07. The molecule has 5 nitrogen and oxygen atoms in total. The summed E-state index contributed by atoms with van der Waals surface area (Å²) in [4.78, 5) is 12.0. The first-order chi connectivity index (χ1) is 7.25.